The molecule has 0 aromatic heterocycles. The maximum atomic E-state index is 3.64. The first-order valence-electron chi connectivity index (χ1n) is 11.9. The van der Waals surface area contributed by atoms with E-state index < -0.39 is 0 Å². The monoisotopic (exact) mass is 437 g/mol. The molecule has 0 aliphatic carbocycles. The average molecular weight is 438 g/mol. The summed E-state index contributed by atoms with van der Waals surface area (Å²) in [6, 6.07) is 41.7. The van der Waals surface area contributed by atoms with Gasteiger partial charge in [0.05, 0.1) is 0 Å². The summed E-state index contributed by atoms with van der Waals surface area (Å²) in [5.74, 6) is 0.245. The van der Waals surface area contributed by atoms with Crippen molar-refractivity contribution in [3.8, 4) is 0 Å². The molecular weight excluding hydrogens is 410 g/mol. The molecule has 0 aliphatic heterocycles. The van der Waals surface area contributed by atoms with E-state index in [4.69, 9.17) is 0 Å². The van der Waals surface area contributed by atoms with Gasteiger partial charge in [0.2, 0.25) is 0 Å². The van der Waals surface area contributed by atoms with Crippen LogP contribution in [0.15, 0.2) is 115 Å². The van der Waals surface area contributed by atoms with E-state index in [-0.39, 0.29) is 5.92 Å². The molecule has 0 bridgehead atoms. The summed E-state index contributed by atoms with van der Waals surface area (Å²) in [6.07, 6.45) is 0. The lowest BCUT2D eigenvalue weighted by Crippen LogP contribution is -2.01. The number of hydrogen-bond acceptors (Lipinski definition) is 1. The number of fused-ring (bicyclic) bond motifs is 3. The highest BCUT2D eigenvalue weighted by Gasteiger charge is 2.18. The van der Waals surface area contributed by atoms with Gasteiger partial charge in [-0.25, -0.2) is 0 Å². The molecule has 6 rings (SSSR count). The molecule has 1 heteroatoms. The lowest BCUT2D eigenvalue weighted by molar-refractivity contribution is 0.954. The van der Waals surface area contributed by atoms with Crippen LogP contribution in [-0.2, 0) is 0 Å². The number of nitrogens with one attached hydrogen (secondary N) is 1. The molecule has 164 valence electrons. The second-order valence-electron chi connectivity index (χ2n) is 9.19. The van der Waals surface area contributed by atoms with Crippen molar-refractivity contribution < 1.29 is 0 Å². The summed E-state index contributed by atoms with van der Waals surface area (Å²) in [6.45, 7) is 4.47. The van der Waals surface area contributed by atoms with E-state index in [0.29, 0.717) is 0 Å². The number of aryl methyl sites for hydroxylation is 1. The Morgan fingerprint density at radius 2 is 1.12 bits per heavy atom. The normalized spacial score (nSPS) is 12.3. The van der Waals surface area contributed by atoms with Crippen LogP contribution >= 0.6 is 0 Å². The molecule has 0 spiro atoms. The zero-order valence-electron chi connectivity index (χ0n) is 19.5. The third-order valence-corrected chi connectivity index (χ3v) is 7.00. The minimum atomic E-state index is 0.245. The Kier molecular flexibility index (Phi) is 5.04. The quantitative estimate of drug-likeness (QED) is 0.271. The fraction of sp³-hybridized carbons (Fsp3) is 0.0909. The van der Waals surface area contributed by atoms with Crippen molar-refractivity contribution >= 4 is 43.7 Å². The van der Waals surface area contributed by atoms with E-state index in [1.54, 1.807) is 0 Å². The Morgan fingerprint density at radius 3 is 1.76 bits per heavy atom. The molecule has 0 aliphatic rings. The molecular formula is C33H27N. The van der Waals surface area contributed by atoms with Crippen molar-refractivity contribution in [1.29, 1.82) is 0 Å². The Hall–Kier alpha value is -4.10. The molecule has 1 nitrogen and oxygen atoms in total. The molecule has 6 aromatic carbocycles. The van der Waals surface area contributed by atoms with Gasteiger partial charge in [-0.15, -0.1) is 0 Å². The van der Waals surface area contributed by atoms with Gasteiger partial charge in [-0.2, -0.15) is 0 Å². The van der Waals surface area contributed by atoms with Crippen LogP contribution < -0.4 is 5.32 Å². The topological polar surface area (TPSA) is 12.0 Å². The van der Waals surface area contributed by atoms with Crippen LogP contribution in [-0.4, -0.2) is 0 Å². The molecule has 0 saturated carbocycles. The van der Waals surface area contributed by atoms with Gasteiger partial charge >= 0.3 is 0 Å². The third kappa shape index (κ3) is 3.50. The molecule has 0 radical (unpaired) electrons. The highest BCUT2D eigenvalue weighted by Crippen LogP contribution is 2.40. The van der Waals surface area contributed by atoms with Crippen molar-refractivity contribution in [2.75, 3.05) is 5.32 Å². The number of hydrogen-bond donors (Lipinski definition) is 1. The van der Waals surface area contributed by atoms with Crippen molar-refractivity contribution in [3.63, 3.8) is 0 Å². The van der Waals surface area contributed by atoms with Crippen LogP contribution in [0, 0.1) is 6.92 Å². The van der Waals surface area contributed by atoms with Crippen molar-refractivity contribution in [2.24, 2.45) is 0 Å². The Balaban J connectivity index is 1.54. The largest absolute Gasteiger partial charge is 0.355 e. The Morgan fingerprint density at radius 1 is 0.559 bits per heavy atom. The molecule has 1 unspecified atom stereocenters. The van der Waals surface area contributed by atoms with Crippen LogP contribution in [0.25, 0.3) is 32.3 Å². The van der Waals surface area contributed by atoms with E-state index in [9.17, 15) is 0 Å². The van der Waals surface area contributed by atoms with E-state index in [2.05, 4.69) is 134 Å². The van der Waals surface area contributed by atoms with Gasteiger partial charge in [-0.1, -0.05) is 103 Å². The van der Waals surface area contributed by atoms with Crippen LogP contribution in [0.5, 0.6) is 0 Å². The van der Waals surface area contributed by atoms with Gasteiger partial charge in [-0.3, -0.25) is 0 Å². The summed E-state index contributed by atoms with van der Waals surface area (Å²) in [4.78, 5) is 0. The third-order valence-electron chi connectivity index (χ3n) is 7.00. The van der Waals surface area contributed by atoms with Gasteiger partial charge in [0.25, 0.3) is 0 Å². The van der Waals surface area contributed by atoms with Crippen molar-refractivity contribution in [3.05, 3.63) is 132 Å². The first-order valence-corrected chi connectivity index (χ1v) is 11.9. The SMILES string of the molecule is Cc1ccc(Nc2ccc(C(C)c3c4ccccc4cc4ccccc34)c3ccccc23)cc1. The van der Waals surface area contributed by atoms with E-state index in [1.807, 2.05) is 0 Å². The highest BCUT2D eigenvalue weighted by molar-refractivity contribution is 6.04. The Labute approximate surface area is 200 Å². The summed E-state index contributed by atoms with van der Waals surface area (Å²) in [5.41, 5.74) is 6.27. The van der Waals surface area contributed by atoms with Crippen LogP contribution in [0.2, 0.25) is 0 Å². The standard InChI is InChI=1S/C33H27N/c1-22-15-17-26(18-16-22)34-32-20-19-27(30-13-7-8-14-31(30)32)23(2)33-28-11-5-3-9-24(28)21-25-10-4-6-12-29(25)33/h3-21,23,34H,1-2H3. The molecule has 0 saturated heterocycles. The summed E-state index contributed by atoms with van der Waals surface area (Å²) >= 11 is 0. The summed E-state index contributed by atoms with van der Waals surface area (Å²) in [7, 11) is 0. The fourth-order valence-electron chi connectivity index (χ4n) is 5.27. The van der Waals surface area contributed by atoms with Gasteiger partial charge < -0.3 is 5.32 Å². The van der Waals surface area contributed by atoms with Crippen molar-refractivity contribution in [1.82, 2.24) is 0 Å². The van der Waals surface area contributed by atoms with Gasteiger partial charge in [0.15, 0.2) is 0 Å². The number of anilines is 2. The molecule has 0 amide bonds. The predicted octanol–water partition coefficient (Wildman–Crippen LogP) is 9.35. The molecule has 1 atom stereocenters. The number of rotatable bonds is 4. The minimum Gasteiger partial charge on any atom is -0.355 e. The molecule has 0 heterocycles. The van der Waals surface area contributed by atoms with E-state index in [0.717, 1.165) is 11.4 Å². The first kappa shape index (κ1) is 20.5. The van der Waals surface area contributed by atoms with Crippen LogP contribution in [0.4, 0.5) is 11.4 Å². The smallest absolute Gasteiger partial charge is 0.0464 e. The highest BCUT2D eigenvalue weighted by atomic mass is 14.9. The van der Waals surface area contributed by atoms with Gasteiger partial charge in [0.1, 0.15) is 0 Å². The maximum absolute atomic E-state index is 3.64. The minimum absolute atomic E-state index is 0.245. The second kappa shape index (κ2) is 8.35. The summed E-state index contributed by atoms with van der Waals surface area (Å²) < 4.78 is 0. The Bertz CT molecular complexity index is 1590. The first-order chi connectivity index (χ1) is 16.7. The van der Waals surface area contributed by atoms with E-state index in [1.165, 1.54) is 49.0 Å². The number of benzene rings is 6. The molecule has 1 N–H and O–H groups in total. The van der Waals surface area contributed by atoms with Gasteiger partial charge in [0, 0.05) is 22.7 Å². The average Bonchev–Trinajstić information content (AvgIpc) is 2.88. The zero-order chi connectivity index (χ0) is 23.1. The lowest BCUT2D eigenvalue weighted by atomic mass is 9.83. The zero-order valence-corrected chi connectivity index (χ0v) is 19.5. The van der Waals surface area contributed by atoms with Crippen LogP contribution in [0.3, 0.4) is 0 Å². The van der Waals surface area contributed by atoms with Crippen LogP contribution in [0.1, 0.15) is 29.5 Å². The maximum Gasteiger partial charge on any atom is 0.0464 e. The van der Waals surface area contributed by atoms with E-state index >= 15 is 0 Å². The fourth-order valence-corrected chi connectivity index (χ4v) is 5.27. The predicted molar refractivity (Wildman–Crippen MR) is 147 cm³/mol. The van der Waals surface area contributed by atoms with Crippen molar-refractivity contribution in [2.45, 2.75) is 19.8 Å². The molecule has 0 fully saturated rings. The second-order valence-corrected chi connectivity index (χ2v) is 9.19. The molecule has 34 heavy (non-hydrogen) atoms. The molecule has 6 aromatic rings. The lowest BCUT2D eigenvalue weighted by Gasteiger charge is -2.21. The summed E-state index contributed by atoms with van der Waals surface area (Å²) in [5, 5.41) is 11.4. The van der Waals surface area contributed by atoms with Gasteiger partial charge in [-0.05, 0) is 69.2 Å².